The average molecular weight is 328 g/mol. The summed E-state index contributed by atoms with van der Waals surface area (Å²) in [6.07, 6.45) is 6.32. The summed E-state index contributed by atoms with van der Waals surface area (Å²) in [5, 5.41) is 4.54. The van der Waals surface area contributed by atoms with Gasteiger partial charge in [-0.15, -0.1) is 0 Å². The van der Waals surface area contributed by atoms with Crippen LogP contribution in [0.1, 0.15) is 37.8 Å². The number of benzene rings is 1. The fraction of sp³-hybridized carbons (Fsp3) is 0.579. The second-order valence-electron chi connectivity index (χ2n) is 7.24. The smallest absolute Gasteiger partial charge is 0.226 e. The van der Waals surface area contributed by atoms with Gasteiger partial charge in [-0.1, -0.05) is 0 Å². The number of hydrogen-bond donors (Lipinski definition) is 1. The number of hydrogen-bond acceptors (Lipinski definition) is 4. The van der Waals surface area contributed by atoms with Gasteiger partial charge in [0.15, 0.2) is 0 Å². The van der Waals surface area contributed by atoms with Crippen molar-refractivity contribution in [3.63, 3.8) is 0 Å². The molecule has 1 saturated heterocycles. The van der Waals surface area contributed by atoms with E-state index in [0.29, 0.717) is 6.04 Å². The maximum absolute atomic E-state index is 13.4. The van der Waals surface area contributed by atoms with Crippen molar-refractivity contribution >= 4 is 16.9 Å². The van der Waals surface area contributed by atoms with Crippen LogP contribution in [-0.4, -0.2) is 35.6 Å². The van der Waals surface area contributed by atoms with Gasteiger partial charge in [-0.2, -0.15) is 0 Å². The zero-order valence-corrected chi connectivity index (χ0v) is 14.3. The van der Waals surface area contributed by atoms with E-state index in [1.54, 1.807) is 6.07 Å². The molecule has 0 bridgehead atoms. The Morgan fingerprint density at radius 1 is 1.17 bits per heavy atom. The van der Waals surface area contributed by atoms with E-state index in [0.717, 1.165) is 54.4 Å². The topological polar surface area (TPSA) is 41.1 Å². The number of nitrogens with zero attached hydrogens (tertiary/aromatic N) is 3. The largest absolute Gasteiger partial charge is 0.341 e. The number of fused-ring (bicyclic) bond motifs is 1. The third-order valence-electron chi connectivity index (χ3n) is 5.24. The molecule has 5 heteroatoms. The van der Waals surface area contributed by atoms with E-state index in [1.165, 1.54) is 37.9 Å². The first kappa shape index (κ1) is 15.8. The van der Waals surface area contributed by atoms with Gasteiger partial charge in [-0.25, -0.2) is 14.4 Å². The maximum atomic E-state index is 13.4. The van der Waals surface area contributed by atoms with E-state index in [4.69, 9.17) is 0 Å². The average Bonchev–Trinajstić information content (AvgIpc) is 3.40. The monoisotopic (exact) mass is 328 g/mol. The van der Waals surface area contributed by atoms with Crippen LogP contribution in [0.2, 0.25) is 0 Å². The quantitative estimate of drug-likeness (QED) is 0.933. The summed E-state index contributed by atoms with van der Waals surface area (Å²) in [7, 11) is 0. The Morgan fingerprint density at radius 2 is 2.04 bits per heavy atom. The van der Waals surface area contributed by atoms with E-state index in [9.17, 15) is 4.39 Å². The second kappa shape index (κ2) is 6.63. The van der Waals surface area contributed by atoms with E-state index < -0.39 is 0 Å². The van der Waals surface area contributed by atoms with Crippen LogP contribution in [0.15, 0.2) is 18.2 Å². The van der Waals surface area contributed by atoms with Crippen molar-refractivity contribution < 1.29 is 4.39 Å². The van der Waals surface area contributed by atoms with Crippen molar-refractivity contribution in [2.75, 3.05) is 24.5 Å². The Bertz CT molecular complexity index is 729. The fourth-order valence-electron chi connectivity index (χ4n) is 3.54. The third-order valence-corrected chi connectivity index (χ3v) is 5.24. The SMILES string of the molecule is Cc1nc(N2CCCC(NCC3CC3)CC2)nc2ccc(F)cc12. The van der Waals surface area contributed by atoms with Crippen LogP contribution in [0.3, 0.4) is 0 Å². The molecule has 4 nitrogen and oxygen atoms in total. The summed E-state index contributed by atoms with van der Waals surface area (Å²) in [5.41, 5.74) is 1.67. The zero-order valence-electron chi connectivity index (χ0n) is 14.3. The highest BCUT2D eigenvalue weighted by Crippen LogP contribution is 2.28. The van der Waals surface area contributed by atoms with Crippen molar-refractivity contribution in [2.24, 2.45) is 5.92 Å². The molecule has 0 radical (unpaired) electrons. The lowest BCUT2D eigenvalue weighted by molar-refractivity contribution is 0.460. The zero-order chi connectivity index (χ0) is 16.5. The fourth-order valence-corrected chi connectivity index (χ4v) is 3.54. The molecule has 128 valence electrons. The van der Waals surface area contributed by atoms with Crippen molar-refractivity contribution in [3.8, 4) is 0 Å². The molecule has 0 amide bonds. The molecule has 1 N–H and O–H groups in total. The summed E-state index contributed by atoms with van der Waals surface area (Å²) in [6, 6.07) is 5.36. The Morgan fingerprint density at radius 3 is 2.88 bits per heavy atom. The van der Waals surface area contributed by atoms with Gasteiger partial charge in [0.1, 0.15) is 5.82 Å². The van der Waals surface area contributed by atoms with Crippen LogP contribution >= 0.6 is 0 Å². The van der Waals surface area contributed by atoms with Gasteiger partial charge < -0.3 is 10.2 Å². The Hall–Kier alpha value is -1.75. The predicted molar refractivity (Wildman–Crippen MR) is 94.8 cm³/mol. The van der Waals surface area contributed by atoms with Crippen molar-refractivity contribution in [1.82, 2.24) is 15.3 Å². The van der Waals surface area contributed by atoms with Crippen molar-refractivity contribution in [1.29, 1.82) is 0 Å². The number of aryl methyl sites for hydroxylation is 1. The van der Waals surface area contributed by atoms with Crippen LogP contribution < -0.4 is 10.2 Å². The van der Waals surface area contributed by atoms with Gasteiger partial charge >= 0.3 is 0 Å². The van der Waals surface area contributed by atoms with Crippen molar-refractivity contribution in [3.05, 3.63) is 29.7 Å². The molecule has 1 aromatic carbocycles. The summed E-state index contributed by atoms with van der Waals surface area (Å²) < 4.78 is 13.4. The first-order valence-electron chi connectivity index (χ1n) is 9.11. The highest BCUT2D eigenvalue weighted by molar-refractivity contribution is 5.81. The minimum atomic E-state index is -0.235. The van der Waals surface area contributed by atoms with Crippen molar-refractivity contribution in [2.45, 2.75) is 45.1 Å². The molecule has 1 atom stereocenters. The first-order valence-corrected chi connectivity index (χ1v) is 9.11. The van der Waals surface area contributed by atoms with E-state index >= 15 is 0 Å². The predicted octanol–water partition coefficient (Wildman–Crippen LogP) is 3.44. The van der Waals surface area contributed by atoms with Crippen LogP contribution in [0.5, 0.6) is 0 Å². The molecule has 24 heavy (non-hydrogen) atoms. The normalized spacial score (nSPS) is 21.9. The van der Waals surface area contributed by atoms with Crippen LogP contribution in [0.4, 0.5) is 10.3 Å². The number of nitrogens with one attached hydrogen (secondary N) is 1. The molecule has 2 aliphatic rings. The Balaban J connectivity index is 1.48. The van der Waals surface area contributed by atoms with Crippen LogP contribution in [-0.2, 0) is 0 Å². The minimum Gasteiger partial charge on any atom is -0.341 e. The summed E-state index contributed by atoms with van der Waals surface area (Å²) in [5.74, 6) is 1.48. The Labute approximate surface area is 142 Å². The standard InChI is InChI=1S/C19H25FN4/c1-13-17-11-15(20)6-7-18(17)23-19(22-13)24-9-2-3-16(8-10-24)21-12-14-4-5-14/h6-7,11,14,16,21H,2-5,8-10,12H2,1H3. The lowest BCUT2D eigenvalue weighted by Gasteiger charge is -2.21. The summed E-state index contributed by atoms with van der Waals surface area (Å²) in [6.45, 7) is 5.09. The highest BCUT2D eigenvalue weighted by Gasteiger charge is 2.24. The molecule has 2 aromatic rings. The molecule has 1 aromatic heterocycles. The van der Waals surface area contributed by atoms with Gasteiger partial charge in [0.2, 0.25) is 5.95 Å². The Kier molecular flexibility index (Phi) is 4.35. The summed E-state index contributed by atoms with van der Waals surface area (Å²) >= 11 is 0. The molecule has 1 saturated carbocycles. The number of anilines is 1. The van der Waals surface area contributed by atoms with Gasteiger partial charge in [0.05, 0.1) is 11.2 Å². The summed E-state index contributed by atoms with van der Waals surface area (Å²) in [4.78, 5) is 11.6. The van der Waals surface area contributed by atoms with E-state index in [2.05, 4.69) is 20.2 Å². The highest BCUT2D eigenvalue weighted by atomic mass is 19.1. The number of halogens is 1. The molecular formula is C19H25FN4. The maximum Gasteiger partial charge on any atom is 0.226 e. The first-order chi connectivity index (χ1) is 11.7. The molecule has 2 fully saturated rings. The number of aromatic nitrogens is 2. The van der Waals surface area contributed by atoms with E-state index in [1.807, 2.05) is 6.92 Å². The second-order valence-corrected chi connectivity index (χ2v) is 7.24. The van der Waals surface area contributed by atoms with Gasteiger partial charge in [0.25, 0.3) is 0 Å². The lowest BCUT2D eigenvalue weighted by atomic mass is 10.1. The van der Waals surface area contributed by atoms with E-state index in [-0.39, 0.29) is 5.82 Å². The molecule has 0 spiro atoms. The van der Waals surface area contributed by atoms with Crippen LogP contribution in [0, 0.1) is 18.7 Å². The lowest BCUT2D eigenvalue weighted by Crippen LogP contribution is -2.32. The van der Waals surface area contributed by atoms with Crippen LogP contribution in [0.25, 0.3) is 10.9 Å². The molecular weight excluding hydrogens is 303 g/mol. The third kappa shape index (κ3) is 3.51. The minimum absolute atomic E-state index is 0.235. The van der Waals surface area contributed by atoms with Gasteiger partial charge in [-0.3, -0.25) is 0 Å². The molecule has 1 aliphatic carbocycles. The number of rotatable bonds is 4. The molecule has 1 unspecified atom stereocenters. The molecule has 4 rings (SSSR count). The molecule has 1 aliphatic heterocycles. The van der Waals surface area contributed by atoms with Gasteiger partial charge in [0, 0.05) is 24.5 Å². The van der Waals surface area contributed by atoms with Gasteiger partial charge in [-0.05, 0) is 69.7 Å². The molecule has 2 heterocycles.